The van der Waals surface area contributed by atoms with Crippen molar-refractivity contribution in [2.45, 2.75) is 37.6 Å². The Labute approximate surface area is 149 Å². The van der Waals surface area contributed by atoms with E-state index in [1.807, 2.05) is 18.2 Å². The van der Waals surface area contributed by atoms with Crippen LogP contribution in [0.3, 0.4) is 0 Å². The van der Waals surface area contributed by atoms with Gasteiger partial charge < -0.3 is 11.1 Å². The predicted molar refractivity (Wildman–Crippen MR) is 96.4 cm³/mol. The Morgan fingerprint density at radius 2 is 1.92 bits per heavy atom. The number of halogens is 1. The van der Waals surface area contributed by atoms with Crippen LogP contribution < -0.4 is 11.1 Å². The van der Waals surface area contributed by atoms with Gasteiger partial charge in [0.25, 0.3) is 0 Å². The molecule has 0 aromatic heterocycles. The summed E-state index contributed by atoms with van der Waals surface area (Å²) in [5.41, 5.74) is 7.86. The van der Waals surface area contributed by atoms with Crippen molar-refractivity contribution >= 4 is 28.2 Å². The van der Waals surface area contributed by atoms with E-state index >= 15 is 0 Å². The number of rotatable bonds is 5. The van der Waals surface area contributed by atoms with Gasteiger partial charge in [-0.05, 0) is 42.2 Å². The summed E-state index contributed by atoms with van der Waals surface area (Å²) in [5.74, 6) is 0.943. The van der Waals surface area contributed by atoms with Crippen LogP contribution in [0.5, 0.6) is 0 Å². The minimum Gasteiger partial charge on any atom is -0.352 e. The number of nitrogens with two attached hydrogens (primary N) is 1. The highest BCUT2D eigenvalue weighted by Gasteiger charge is 2.48. The topological polar surface area (TPSA) is 89.3 Å². The third-order valence-electron chi connectivity index (χ3n) is 5.17. The molecule has 0 heterocycles. The largest absolute Gasteiger partial charge is 0.352 e. The summed E-state index contributed by atoms with van der Waals surface area (Å²) in [4.78, 5) is 12.4. The molecule has 1 aromatic rings. The van der Waals surface area contributed by atoms with Gasteiger partial charge in [0.2, 0.25) is 5.91 Å². The highest BCUT2D eigenvalue weighted by atomic mass is 35.5. The molecule has 2 bridgehead atoms. The first-order valence-electron chi connectivity index (χ1n) is 8.12. The summed E-state index contributed by atoms with van der Waals surface area (Å²) in [7, 11) is -3.06. The van der Waals surface area contributed by atoms with Gasteiger partial charge in [0.1, 0.15) is 0 Å². The van der Waals surface area contributed by atoms with Crippen molar-refractivity contribution in [1.29, 1.82) is 0 Å². The van der Waals surface area contributed by atoms with Crippen LogP contribution in [0.4, 0.5) is 0 Å². The smallest absolute Gasteiger partial charge is 0.225 e. The Morgan fingerprint density at radius 3 is 2.54 bits per heavy atom. The van der Waals surface area contributed by atoms with Crippen LogP contribution >= 0.6 is 12.4 Å². The quantitative estimate of drug-likeness (QED) is 0.822. The van der Waals surface area contributed by atoms with Crippen LogP contribution in [0.2, 0.25) is 0 Å². The zero-order chi connectivity index (χ0) is 16.6. The SMILES string of the molecule is CS(=O)(=O)Cc1cccc(CNC(=O)C2C3CCC(C3)C2N)c1.Cl. The molecule has 2 aliphatic rings. The number of hydrogen-bond donors (Lipinski definition) is 2. The lowest BCUT2D eigenvalue weighted by Gasteiger charge is -2.27. The number of benzene rings is 1. The first-order valence-corrected chi connectivity index (χ1v) is 10.2. The maximum atomic E-state index is 12.4. The molecule has 3 rings (SSSR count). The maximum Gasteiger partial charge on any atom is 0.225 e. The van der Waals surface area contributed by atoms with Crippen LogP contribution in [0.15, 0.2) is 24.3 Å². The van der Waals surface area contributed by atoms with E-state index in [1.54, 1.807) is 6.07 Å². The monoisotopic (exact) mass is 372 g/mol. The van der Waals surface area contributed by atoms with Gasteiger partial charge in [0.15, 0.2) is 9.84 Å². The van der Waals surface area contributed by atoms with E-state index in [0.717, 1.165) is 30.4 Å². The molecule has 134 valence electrons. The van der Waals surface area contributed by atoms with Gasteiger partial charge in [0, 0.05) is 18.8 Å². The first-order chi connectivity index (χ1) is 10.8. The zero-order valence-corrected chi connectivity index (χ0v) is 15.4. The Bertz CT molecular complexity index is 706. The lowest BCUT2D eigenvalue weighted by Crippen LogP contribution is -2.45. The molecule has 4 atom stereocenters. The molecular weight excluding hydrogens is 348 g/mol. The van der Waals surface area contributed by atoms with Crippen LogP contribution in [0.25, 0.3) is 0 Å². The van der Waals surface area contributed by atoms with Crippen molar-refractivity contribution in [3.05, 3.63) is 35.4 Å². The highest BCUT2D eigenvalue weighted by molar-refractivity contribution is 7.89. The second-order valence-electron chi connectivity index (χ2n) is 7.04. The molecule has 4 unspecified atom stereocenters. The number of sulfone groups is 1. The number of amides is 1. The fourth-order valence-electron chi connectivity index (χ4n) is 4.16. The molecular formula is C17H25ClN2O3S. The summed E-state index contributed by atoms with van der Waals surface area (Å²) >= 11 is 0. The standard InChI is InChI=1S/C17H24N2O3S.ClH/c1-23(21,22)10-12-4-2-3-11(7-12)9-19-17(20)15-13-5-6-14(8-13)16(15)18;/h2-4,7,13-16H,5-6,8-10,18H2,1H3,(H,19,20);1H. The molecule has 24 heavy (non-hydrogen) atoms. The molecule has 5 nitrogen and oxygen atoms in total. The molecule has 1 amide bonds. The Balaban J connectivity index is 0.00000208. The molecule has 2 aliphatic carbocycles. The Kier molecular flexibility index (Phi) is 5.94. The van der Waals surface area contributed by atoms with Crippen LogP contribution in [-0.4, -0.2) is 26.6 Å². The molecule has 0 saturated heterocycles. The number of carbonyl (C=O) groups excluding carboxylic acids is 1. The molecule has 2 fully saturated rings. The summed E-state index contributed by atoms with van der Waals surface area (Å²) in [6, 6.07) is 7.34. The van der Waals surface area contributed by atoms with E-state index in [1.165, 1.54) is 6.26 Å². The average Bonchev–Trinajstić information content (AvgIpc) is 3.04. The van der Waals surface area contributed by atoms with Gasteiger partial charge in [-0.3, -0.25) is 4.79 Å². The lowest BCUT2D eigenvalue weighted by atomic mass is 9.84. The van der Waals surface area contributed by atoms with E-state index in [-0.39, 0.29) is 36.0 Å². The normalized spacial score (nSPS) is 28.4. The average molecular weight is 373 g/mol. The number of fused-ring (bicyclic) bond motifs is 2. The third-order valence-corrected chi connectivity index (χ3v) is 6.03. The highest BCUT2D eigenvalue weighted by Crippen LogP contribution is 2.47. The van der Waals surface area contributed by atoms with Crippen molar-refractivity contribution in [3.63, 3.8) is 0 Å². The predicted octanol–water partition coefficient (Wildman–Crippen LogP) is 1.64. The minimum absolute atomic E-state index is 0. The third kappa shape index (κ3) is 4.29. The molecule has 1 aromatic carbocycles. The number of nitrogens with one attached hydrogen (secondary N) is 1. The molecule has 3 N–H and O–H groups in total. The zero-order valence-electron chi connectivity index (χ0n) is 13.8. The number of hydrogen-bond acceptors (Lipinski definition) is 4. The molecule has 0 radical (unpaired) electrons. The second kappa shape index (κ2) is 7.42. The van der Waals surface area contributed by atoms with Gasteiger partial charge in [-0.15, -0.1) is 12.4 Å². The summed E-state index contributed by atoms with van der Waals surface area (Å²) < 4.78 is 22.8. The van der Waals surface area contributed by atoms with Crippen LogP contribution in [0, 0.1) is 17.8 Å². The summed E-state index contributed by atoms with van der Waals surface area (Å²) in [6.07, 6.45) is 4.57. The van der Waals surface area contributed by atoms with Crippen molar-refractivity contribution in [2.75, 3.05) is 6.26 Å². The fourth-order valence-corrected chi connectivity index (χ4v) is 4.95. The maximum absolute atomic E-state index is 12.4. The van der Waals surface area contributed by atoms with Gasteiger partial charge in [0.05, 0.1) is 11.7 Å². The second-order valence-corrected chi connectivity index (χ2v) is 9.18. The van der Waals surface area contributed by atoms with Gasteiger partial charge in [-0.1, -0.05) is 24.3 Å². The van der Waals surface area contributed by atoms with Crippen molar-refractivity contribution in [2.24, 2.45) is 23.5 Å². The van der Waals surface area contributed by atoms with Crippen LogP contribution in [0.1, 0.15) is 30.4 Å². The van der Waals surface area contributed by atoms with Gasteiger partial charge >= 0.3 is 0 Å². The van der Waals surface area contributed by atoms with E-state index in [0.29, 0.717) is 18.4 Å². The molecule has 7 heteroatoms. The minimum atomic E-state index is -3.06. The van der Waals surface area contributed by atoms with Gasteiger partial charge in [-0.2, -0.15) is 0 Å². The summed E-state index contributed by atoms with van der Waals surface area (Å²) in [5, 5.41) is 2.98. The lowest BCUT2D eigenvalue weighted by molar-refractivity contribution is -0.127. The molecule has 0 aliphatic heterocycles. The van der Waals surface area contributed by atoms with E-state index in [2.05, 4.69) is 5.32 Å². The van der Waals surface area contributed by atoms with E-state index in [4.69, 9.17) is 5.73 Å². The van der Waals surface area contributed by atoms with Crippen molar-refractivity contribution in [1.82, 2.24) is 5.32 Å². The molecule has 2 saturated carbocycles. The van der Waals surface area contributed by atoms with Gasteiger partial charge in [-0.25, -0.2) is 8.42 Å². The van der Waals surface area contributed by atoms with E-state index in [9.17, 15) is 13.2 Å². The van der Waals surface area contributed by atoms with Crippen molar-refractivity contribution in [3.8, 4) is 0 Å². The van der Waals surface area contributed by atoms with Crippen LogP contribution in [-0.2, 0) is 26.9 Å². The molecule has 0 spiro atoms. The summed E-state index contributed by atoms with van der Waals surface area (Å²) in [6.45, 7) is 0.414. The van der Waals surface area contributed by atoms with E-state index < -0.39 is 9.84 Å². The van der Waals surface area contributed by atoms with Crippen molar-refractivity contribution < 1.29 is 13.2 Å². The Hall–Kier alpha value is -1.11. The first kappa shape index (κ1) is 19.2. The Morgan fingerprint density at radius 1 is 1.25 bits per heavy atom. The number of carbonyl (C=O) groups is 1. The fraction of sp³-hybridized carbons (Fsp3) is 0.588.